The van der Waals surface area contributed by atoms with Gasteiger partial charge in [-0.1, -0.05) is 32.2 Å². The minimum Gasteiger partial charge on any atom is -0.385 e. The van der Waals surface area contributed by atoms with Crippen LogP contribution in [0.1, 0.15) is 41.9 Å². The number of pyridine rings is 2. The summed E-state index contributed by atoms with van der Waals surface area (Å²) in [6.07, 6.45) is 9.81. The molecule has 1 saturated heterocycles. The lowest BCUT2D eigenvalue weighted by Crippen LogP contribution is -2.27. The zero-order valence-corrected chi connectivity index (χ0v) is 23.0. The maximum Gasteiger partial charge on any atom is 0.255 e. The number of rotatable bonds is 10. The highest BCUT2D eigenvalue weighted by Crippen LogP contribution is 2.31. The molecule has 8 heteroatoms. The third kappa shape index (κ3) is 6.83. The van der Waals surface area contributed by atoms with Gasteiger partial charge in [-0.05, 0) is 75.1 Å². The van der Waals surface area contributed by atoms with Crippen molar-refractivity contribution in [2.75, 3.05) is 30.3 Å². The third-order valence-corrected chi connectivity index (χ3v) is 6.77. The summed E-state index contributed by atoms with van der Waals surface area (Å²) in [5, 5.41) is 12.1. The molecular weight excluding hydrogens is 476 g/mol. The molecule has 3 rings (SSSR count). The molecule has 2 aromatic rings. The van der Waals surface area contributed by atoms with E-state index >= 15 is 0 Å². The standard InChI is InChI=1S/C30H38N6O2/c1-8-22(30(38)36-28-13-25(16-34-21(28)7)35-29(37)17-31-10-3)12-27-20(6)33-15-24(27)11-23-14-32-19(5)18(4)26(23)9-2/h8-9,12-14,16,24,31,33H,2,6,10-11,15,17H2,1,3-5,7H3,(H,35,37)(H,36,38)/b22-8+,27-12+. The van der Waals surface area contributed by atoms with Gasteiger partial charge in [0.25, 0.3) is 5.91 Å². The number of hydrogen-bond donors (Lipinski definition) is 4. The van der Waals surface area contributed by atoms with E-state index in [0.717, 1.165) is 46.6 Å². The van der Waals surface area contributed by atoms with Crippen molar-refractivity contribution < 1.29 is 9.59 Å². The van der Waals surface area contributed by atoms with Crippen molar-refractivity contribution in [2.45, 2.75) is 41.0 Å². The van der Waals surface area contributed by atoms with Crippen LogP contribution in [0.4, 0.5) is 11.4 Å². The minimum absolute atomic E-state index is 0.131. The number of hydrogen-bond acceptors (Lipinski definition) is 6. The van der Waals surface area contributed by atoms with Crippen molar-refractivity contribution in [3.8, 4) is 0 Å². The number of carbonyl (C=O) groups is 2. The van der Waals surface area contributed by atoms with Crippen LogP contribution in [0.25, 0.3) is 6.08 Å². The number of likely N-dealkylation sites (N-methyl/N-ethyl adjacent to an activating group) is 1. The van der Waals surface area contributed by atoms with E-state index in [1.165, 1.54) is 0 Å². The quantitative estimate of drug-likeness (QED) is 0.351. The third-order valence-electron chi connectivity index (χ3n) is 6.77. The molecule has 1 aliphatic rings. The predicted octanol–water partition coefficient (Wildman–Crippen LogP) is 4.38. The first-order valence-electron chi connectivity index (χ1n) is 12.9. The minimum atomic E-state index is -0.265. The fourth-order valence-electron chi connectivity index (χ4n) is 4.39. The average Bonchev–Trinajstić information content (AvgIpc) is 3.23. The summed E-state index contributed by atoms with van der Waals surface area (Å²) in [5.41, 5.74) is 8.36. The van der Waals surface area contributed by atoms with Crippen LogP contribution in [0.15, 0.2) is 60.6 Å². The fraction of sp³-hybridized carbons (Fsp3) is 0.333. The zero-order chi connectivity index (χ0) is 27.8. The van der Waals surface area contributed by atoms with Crippen molar-refractivity contribution in [3.63, 3.8) is 0 Å². The van der Waals surface area contributed by atoms with Crippen molar-refractivity contribution >= 4 is 29.3 Å². The highest BCUT2D eigenvalue weighted by atomic mass is 16.2. The van der Waals surface area contributed by atoms with Gasteiger partial charge in [0.1, 0.15) is 0 Å². The Morgan fingerprint density at radius 3 is 2.58 bits per heavy atom. The van der Waals surface area contributed by atoms with Gasteiger partial charge in [0.05, 0.1) is 29.8 Å². The van der Waals surface area contributed by atoms with Crippen LogP contribution in [0.2, 0.25) is 0 Å². The Labute approximate surface area is 225 Å². The molecule has 200 valence electrons. The Balaban J connectivity index is 1.80. The monoisotopic (exact) mass is 514 g/mol. The number of carbonyl (C=O) groups excluding carboxylic acids is 2. The number of nitrogens with one attached hydrogen (secondary N) is 4. The number of aromatic nitrogens is 2. The molecule has 1 atom stereocenters. The van der Waals surface area contributed by atoms with Crippen LogP contribution < -0.4 is 21.3 Å². The van der Waals surface area contributed by atoms with E-state index in [1.807, 2.05) is 39.1 Å². The van der Waals surface area contributed by atoms with Gasteiger partial charge in [0, 0.05) is 35.6 Å². The average molecular weight is 515 g/mol. The molecule has 3 heterocycles. The first kappa shape index (κ1) is 28.5. The maximum atomic E-state index is 13.3. The van der Waals surface area contributed by atoms with Gasteiger partial charge >= 0.3 is 0 Å². The van der Waals surface area contributed by atoms with Crippen molar-refractivity contribution in [1.82, 2.24) is 20.6 Å². The van der Waals surface area contributed by atoms with Gasteiger partial charge in [-0.2, -0.15) is 0 Å². The first-order valence-corrected chi connectivity index (χ1v) is 12.9. The number of aryl methyl sites for hydroxylation is 2. The van der Waals surface area contributed by atoms with E-state index in [9.17, 15) is 9.59 Å². The number of anilines is 2. The van der Waals surface area contributed by atoms with Gasteiger partial charge in [-0.3, -0.25) is 19.6 Å². The van der Waals surface area contributed by atoms with Crippen molar-refractivity contribution in [3.05, 3.63) is 88.7 Å². The van der Waals surface area contributed by atoms with Crippen LogP contribution in [-0.2, 0) is 16.0 Å². The highest BCUT2D eigenvalue weighted by molar-refractivity contribution is 6.06. The Morgan fingerprint density at radius 2 is 1.89 bits per heavy atom. The van der Waals surface area contributed by atoms with Gasteiger partial charge in [0.15, 0.2) is 0 Å². The Hall–Kier alpha value is -4.04. The molecule has 0 radical (unpaired) electrons. The van der Waals surface area contributed by atoms with Crippen molar-refractivity contribution in [1.29, 1.82) is 0 Å². The molecule has 4 N–H and O–H groups in total. The summed E-state index contributed by atoms with van der Waals surface area (Å²) >= 11 is 0. The molecule has 0 aromatic carbocycles. The number of nitrogens with zero attached hydrogens (tertiary/aromatic N) is 2. The zero-order valence-electron chi connectivity index (χ0n) is 23.0. The lowest BCUT2D eigenvalue weighted by atomic mass is 9.89. The first-order chi connectivity index (χ1) is 18.2. The Kier molecular flexibility index (Phi) is 9.73. The second kappa shape index (κ2) is 13.0. The van der Waals surface area contributed by atoms with Crippen LogP contribution in [0, 0.1) is 26.7 Å². The SMILES string of the molecule is C=Cc1c(CC2CNC(=C)/C2=C\C(=C/C)C(=O)Nc2cc(NC(=O)CNCC)cnc2C)cnc(C)c1C. The molecule has 8 nitrogen and oxygen atoms in total. The second-order valence-corrected chi connectivity index (χ2v) is 9.36. The summed E-state index contributed by atoms with van der Waals surface area (Å²) < 4.78 is 0. The maximum absolute atomic E-state index is 13.3. The molecule has 1 fully saturated rings. The number of allylic oxidation sites excluding steroid dienone is 2. The van der Waals surface area contributed by atoms with Gasteiger partial charge in [-0.15, -0.1) is 0 Å². The Morgan fingerprint density at radius 1 is 1.16 bits per heavy atom. The molecule has 2 amide bonds. The van der Waals surface area contributed by atoms with Gasteiger partial charge in [0.2, 0.25) is 5.91 Å². The van der Waals surface area contributed by atoms with Crippen LogP contribution in [0.3, 0.4) is 0 Å². The van der Waals surface area contributed by atoms with E-state index in [2.05, 4.69) is 51.3 Å². The summed E-state index contributed by atoms with van der Waals surface area (Å²) in [5.74, 6) is -0.309. The lowest BCUT2D eigenvalue weighted by molar-refractivity contribution is -0.115. The van der Waals surface area contributed by atoms with E-state index in [0.29, 0.717) is 29.2 Å². The highest BCUT2D eigenvalue weighted by Gasteiger charge is 2.26. The molecule has 2 aromatic heterocycles. The lowest BCUT2D eigenvalue weighted by Gasteiger charge is -2.16. The number of amides is 2. The molecule has 1 aliphatic heterocycles. The van der Waals surface area contributed by atoms with Crippen LogP contribution in [0.5, 0.6) is 0 Å². The normalized spacial score (nSPS) is 16.3. The van der Waals surface area contributed by atoms with Crippen LogP contribution >= 0.6 is 0 Å². The molecule has 0 aliphatic carbocycles. The van der Waals surface area contributed by atoms with E-state index in [4.69, 9.17) is 0 Å². The van der Waals surface area contributed by atoms with Gasteiger partial charge in [-0.25, -0.2) is 0 Å². The summed E-state index contributed by atoms with van der Waals surface area (Å²) in [6.45, 7) is 19.4. The van der Waals surface area contributed by atoms with E-state index in [1.54, 1.807) is 25.3 Å². The van der Waals surface area contributed by atoms with Gasteiger partial charge < -0.3 is 21.3 Å². The van der Waals surface area contributed by atoms with E-state index < -0.39 is 0 Å². The van der Waals surface area contributed by atoms with Crippen LogP contribution in [-0.4, -0.2) is 41.4 Å². The second-order valence-electron chi connectivity index (χ2n) is 9.36. The van der Waals surface area contributed by atoms with Crippen molar-refractivity contribution in [2.24, 2.45) is 5.92 Å². The molecule has 0 bridgehead atoms. The summed E-state index contributed by atoms with van der Waals surface area (Å²) in [4.78, 5) is 34.3. The largest absolute Gasteiger partial charge is 0.385 e. The molecule has 1 unspecified atom stereocenters. The predicted molar refractivity (Wildman–Crippen MR) is 155 cm³/mol. The topological polar surface area (TPSA) is 108 Å². The molecule has 0 spiro atoms. The smallest absolute Gasteiger partial charge is 0.255 e. The molecule has 38 heavy (non-hydrogen) atoms. The molecule has 0 saturated carbocycles. The fourth-order valence-corrected chi connectivity index (χ4v) is 4.39. The summed E-state index contributed by atoms with van der Waals surface area (Å²) in [7, 11) is 0. The molecular formula is C30H38N6O2. The Bertz CT molecular complexity index is 1310. The summed E-state index contributed by atoms with van der Waals surface area (Å²) in [6, 6.07) is 1.72. The van der Waals surface area contributed by atoms with E-state index in [-0.39, 0.29) is 24.3 Å².